The van der Waals surface area contributed by atoms with Gasteiger partial charge in [0.25, 0.3) is 0 Å². The molecule has 2 rings (SSSR count). The lowest BCUT2D eigenvalue weighted by Gasteiger charge is -2.49. The summed E-state index contributed by atoms with van der Waals surface area (Å²) in [5.41, 5.74) is 6.41. The Bertz CT molecular complexity index is 233. The number of nitrogens with zero attached hydrogens (tertiary/aromatic N) is 2. The fourth-order valence-electron chi connectivity index (χ4n) is 3.20. The molecule has 3 nitrogen and oxygen atoms in total. The normalized spacial score (nSPS) is 30.0. The lowest BCUT2D eigenvalue weighted by atomic mass is 9.84. The highest BCUT2D eigenvalue weighted by atomic mass is 32.2. The molecule has 100 valence electrons. The van der Waals surface area contributed by atoms with Crippen LogP contribution in [0.2, 0.25) is 0 Å². The molecule has 0 aromatic carbocycles. The van der Waals surface area contributed by atoms with Crippen LogP contribution in [-0.4, -0.2) is 66.1 Å². The summed E-state index contributed by atoms with van der Waals surface area (Å²) in [7, 11) is 2.31. The first kappa shape index (κ1) is 13.7. The van der Waals surface area contributed by atoms with Gasteiger partial charge in [0.05, 0.1) is 0 Å². The van der Waals surface area contributed by atoms with Gasteiger partial charge in [-0.25, -0.2) is 0 Å². The lowest BCUT2D eigenvalue weighted by molar-refractivity contribution is 0.0245. The zero-order valence-electron chi connectivity index (χ0n) is 11.3. The molecule has 4 heteroatoms. The molecule has 0 aliphatic carbocycles. The van der Waals surface area contributed by atoms with E-state index < -0.39 is 0 Å². The minimum atomic E-state index is 0.279. The molecule has 2 aliphatic rings. The molecule has 0 saturated carbocycles. The van der Waals surface area contributed by atoms with Crippen LogP contribution in [0.5, 0.6) is 0 Å². The summed E-state index contributed by atoms with van der Waals surface area (Å²) in [5, 5.41) is 0. The van der Waals surface area contributed by atoms with Crippen LogP contribution in [0.4, 0.5) is 0 Å². The van der Waals surface area contributed by atoms with E-state index in [0.717, 1.165) is 12.6 Å². The van der Waals surface area contributed by atoms with Crippen LogP contribution in [0.25, 0.3) is 0 Å². The predicted octanol–water partition coefficient (Wildman–Crippen LogP) is 1.24. The average molecular weight is 257 g/mol. The van der Waals surface area contributed by atoms with E-state index >= 15 is 0 Å². The van der Waals surface area contributed by atoms with Gasteiger partial charge in [0, 0.05) is 23.9 Å². The van der Waals surface area contributed by atoms with E-state index in [9.17, 15) is 0 Å². The molecule has 2 aliphatic heterocycles. The zero-order valence-corrected chi connectivity index (χ0v) is 12.1. The molecule has 0 aromatic rings. The Balaban J connectivity index is 1.99. The molecule has 0 bridgehead atoms. The van der Waals surface area contributed by atoms with Crippen molar-refractivity contribution < 1.29 is 0 Å². The molecular weight excluding hydrogens is 230 g/mol. The molecule has 0 aromatic heterocycles. The molecule has 0 amide bonds. The van der Waals surface area contributed by atoms with Crippen molar-refractivity contribution in [2.45, 2.75) is 37.8 Å². The molecule has 0 radical (unpaired) electrons. The second-order valence-corrected chi connectivity index (χ2v) is 6.64. The summed E-state index contributed by atoms with van der Waals surface area (Å²) >= 11 is 2.10. The van der Waals surface area contributed by atoms with E-state index in [2.05, 4.69) is 35.5 Å². The smallest absolute Gasteiger partial charge is 0.0356 e. The Morgan fingerprint density at radius 2 is 2.12 bits per heavy atom. The second kappa shape index (κ2) is 5.91. The highest BCUT2D eigenvalue weighted by Crippen LogP contribution is 2.33. The third-order valence-corrected chi connectivity index (χ3v) is 5.96. The van der Waals surface area contributed by atoms with Crippen LogP contribution in [0.1, 0.15) is 26.2 Å². The molecule has 2 N–H and O–H groups in total. The maximum Gasteiger partial charge on any atom is 0.0356 e. The van der Waals surface area contributed by atoms with Crippen LogP contribution in [0.15, 0.2) is 0 Å². The van der Waals surface area contributed by atoms with Crippen molar-refractivity contribution >= 4 is 11.8 Å². The number of rotatable bonds is 4. The predicted molar refractivity (Wildman–Crippen MR) is 76.6 cm³/mol. The maximum atomic E-state index is 6.13. The van der Waals surface area contributed by atoms with Crippen molar-refractivity contribution in [3.63, 3.8) is 0 Å². The van der Waals surface area contributed by atoms with Gasteiger partial charge in [0.1, 0.15) is 0 Å². The van der Waals surface area contributed by atoms with Crippen LogP contribution >= 0.6 is 11.8 Å². The van der Waals surface area contributed by atoms with Gasteiger partial charge in [0.2, 0.25) is 0 Å². The first-order chi connectivity index (χ1) is 8.22. The van der Waals surface area contributed by atoms with E-state index in [-0.39, 0.29) is 5.54 Å². The number of nitrogens with two attached hydrogens (primary N) is 1. The molecule has 17 heavy (non-hydrogen) atoms. The van der Waals surface area contributed by atoms with E-state index in [4.69, 9.17) is 5.73 Å². The van der Waals surface area contributed by atoms with E-state index in [1.54, 1.807) is 0 Å². The Labute approximate surface area is 110 Å². The number of hydrogen-bond acceptors (Lipinski definition) is 4. The molecule has 0 spiro atoms. The Morgan fingerprint density at radius 3 is 2.59 bits per heavy atom. The lowest BCUT2D eigenvalue weighted by Crippen LogP contribution is -2.60. The maximum absolute atomic E-state index is 6.13. The number of likely N-dealkylation sites (tertiary alicyclic amines) is 1. The largest absolute Gasteiger partial charge is 0.329 e. The molecular formula is C13H27N3S. The fraction of sp³-hybridized carbons (Fsp3) is 1.00. The summed E-state index contributed by atoms with van der Waals surface area (Å²) in [4.78, 5) is 5.17. The molecule has 1 unspecified atom stereocenters. The van der Waals surface area contributed by atoms with Gasteiger partial charge in [-0.1, -0.05) is 6.92 Å². The summed E-state index contributed by atoms with van der Waals surface area (Å²) in [6, 6.07) is 0.761. The Kier molecular flexibility index (Phi) is 4.75. The third kappa shape index (κ3) is 2.80. The molecule has 2 saturated heterocycles. The highest BCUT2D eigenvalue weighted by Gasteiger charge is 2.40. The first-order valence-corrected chi connectivity index (χ1v) is 8.10. The average Bonchev–Trinajstić information content (AvgIpc) is 2.92. The SMILES string of the molecule is CCN1CCC(CN)(N(C)C2CCSC2)CC1. The van der Waals surface area contributed by atoms with Gasteiger partial charge < -0.3 is 10.6 Å². The van der Waals surface area contributed by atoms with Crippen molar-refractivity contribution in [2.24, 2.45) is 5.73 Å². The van der Waals surface area contributed by atoms with Gasteiger partial charge in [-0.05, 0) is 51.7 Å². The number of likely N-dealkylation sites (N-methyl/N-ethyl adjacent to an activating group) is 1. The summed E-state index contributed by atoms with van der Waals surface area (Å²) in [5.74, 6) is 2.63. The summed E-state index contributed by atoms with van der Waals surface area (Å²) in [6.45, 7) is 6.70. The van der Waals surface area contributed by atoms with Gasteiger partial charge in [-0.2, -0.15) is 11.8 Å². The van der Waals surface area contributed by atoms with Gasteiger partial charge in [-0.15, -0.1) is 0 Å². The monoisotopic (exact) mass is 257 g/mol. The quantitative estimate of drug-likeness (QED) is 0.821. The Hall–Kier alpha value is 0.230. The second-order valence-electron chi connectivity index (χ2n) is 5.49. The number of thioether (sulfide) groups is 1. The fourth-order valence-corrected chi connectivity index (χ4v) is 4.47. The van der Waals surface area contributed by atoms with E-state index in [1.165, 1.54) is 50.4 Å². The van der Waals surface area contributed by atoms with Crippen molar-refractivity contribution in [3.05, 3.63) is 0 Å². The molecule has 2 heterocycles. The zero-order chi connectivity index (χ0) is 12.3. The van der Waals surface area contributed by atoms with Gasteiger partial charge in [0.15, 0.2) is 0 Å². The van der Waals surface area contributed by atoms with Crippen LogP contribution in [-0.2, 0) is 0 Å². The highest BCUT2D eigenvalue weighted by molar-refractivity contribution is 7.99. The van der Waals surface area contributed by atoms with Gasteiger partial charge >= 0.3 is 0 Å². The van der Waals surface area contributed by atoms with Crippen LogP contribution in [0, 0.1) is 0 Å². The van der Waals surface area contributed by atoms with Crippen LogP contribution in [0.3, 0.4) is 0 Å². The van der Waals surface area contributed by atoms with E-state index in [0.29, 0.717) is 0 Å². The van der Waals surface area contributed by atoms with Crippen molar-refractivity contribution in [2.75, 3.05) is 44.7 Å². The molecule has 1 atom stereocenters. The van der Waals surface area contributed by atoms with Crippen LogP contribution < -0.4 is 5.73 Å². The molecule has 2 fully saturated rings. The van der Waals surface area contributed by atoms with Crippen molar-refractivity contribution in [1.82, 2.24) is 9.80 Å². The third-order valence-electron chi connectivity index (χ3n) is 4.82. The number of piperidine rings is 1. The first-order valence-electron chi connectivity index (χ1n) is 6.95. The summed E-state index contributed by atoms with van der Waals surface area (Å²) < 4.78 is 0. The number of hydrogen-bond donors (Lipinski definition) is 1. The standard InChI is InChI=1S/C13H27N3S/c1-3-16-7-5-13(11-14,6-8-16)15(2)12-4-9-17-10-12/h12H,3-11,14H2,1-2H3. The minimum Gasteiger partial charge on any atom is -0.329 e. The minimum absolute atomic E-state index is 0.279. The topological polar surface area (TPSA) is 32.5 Å². The van der Waals surface area contributed by atoms with Crippen molar-refractivity contribution in [3.8, 4) is 0 Å². The van der Waals surface area contributed by atoms with Crippen molar-refractivity contribution in [1.29, 1.82) is 0 Å². The van der Waals surface area contributed by atoms with Gasteiger partial charge in [-0.3, -0.25) is 4.90 Å². The summed E-state index contributed by atoms with van der Waals surface area (Å²) in [6.07, 6.45) is 3.84. The van der Waals surface area contributed by atoms with E-state index in [1.807, 2.05) is 0 Å². The Morgan fingerprint density at radius 1 is 1.41 bits per heavy atom.